The van der Waals surface area contributed by atoms with E-state index in [0.29, 0.717) is 40.0 Å². The number of piperidine rings is 3. The Balaban J connectivity index is 0.00000175. The van der Waals surface area contributed by atoms with Crippen molar-refractivity contribution in [1.29, 1.82) is 0 Å². The zero-order valence-corrected chi connectivity index (χ0v) is 31.8. The number of carboxylic acid groups (broad SMARTS) is 1. The third kappa shape index (κ3) is 9.59. The van der Waals surface area contributed by atoms with Crippen LogP contribution in [-0.2, 0) is 37.6 Å². The minimum Gasteiger partial charge on any atom is -0.554 e. The minimum absolute atomic E-state index is 0.122. The number of benzene rings is 2. The number of aromatic nitrogens is 1. The first kappa shape index (κ1) is 39.8. The smallest absolute Gasteiger partial charge is 0.348 e. The fourth-order valence-corrected chi connectivity index (χ4v) is 8.03. The maximum Gasteiger partial charge on any atom is 0.348 e. The second kappa shape index (κ2) is 18.1. The Labute approximate surface area is 321 Å². The van der Waals surface area contributed by atoms with Crippen LogP contribution in [0.3, 0.4) is 0 Å². The molecule has 0 aliphatic carbocycles. The molecule has 3 atom stereocenters. The molecule has 3 aliphatic heterocycles. The molecule has 12 nitrogen and oxygen atoms in total. The molecule has 2 bridgehead atoms. The van der Waals surface area contributed by atoms with Gasteiger partial charge in [-0.15, -0.1) is 11.3 Å². The van der Waals surface area contributed by atoms with Crippen LogP contribution in [0.1, 0.15) is 57.1 Å². The number of carbonyl (C=O) groups is 3. The van der Waals surface area contributed by atoms with Crippen molar-refractivity contribution >= 4 is 52.9 Å². The molecule has 2 aromatic carbocycles. The van der Waals surface area contributed by atoms with Crippen molar-refractivity contribution in [1.82, 2.24) is 10.2 Å². The van der Waals surface area contributed by atoms with Gasteiger partial charge in [0.05, 0.1) is 14.2 Å². The number of methoxy groups -OCH3 is 2. The number of pyridine rings is 1. The van der Waals surface area contributed by atoms with Crippen LogP contribution in [0, 0.1) is 5.92 Å². The fraction of sp³-hybridized carbons (Fsp3) is 0.368. The van der Waals surface area contributed by atoms with E-state index in [2.05, 4.69) is 10.2 Å². The number of rotatable bonds is 13. The molecular weight excluding hydrogens is 745 g/mol. The number of thiophene rings is 1. The highest BCUT2D eigenvalue weighted by atomic mass is 35.5. The van der Waals surface area contributed by atoms with Gasteiger partial charge < -0.3 is 28.8 Å². The van der Waals surface area contributed by atoms with Crippen LogP contribution in [-0.4, -0.2) is 68.5 Å². The first-order valence-electron chi connectivity index (χ1n) is 16.9. The molecule has 2 aromatic heterocycles. The normalized spacial score (nSPS) is 19.2. The largest absolute Gasteiger partial charge is 0.554 e. The molecule has 53 heavy (non-hydrogen) atoms. The molecule has 4 aromatic rings. The molecule has 3 fully saturated rings. The molecule has 3 aliphatic rings. The fourth-order valence-electron chi connectivity index (χ4n) is 6.60. The molecule has 3 saturated heterocycles. The van der Waals surface area contributed by atoms with Gasteiger partial charge in [0.1, 0.15) is 32.7 Å². The van der Waals surface area contributed by atoms with Crippen LogP contribution in [0.2, 0.25) is 10.0 Å². The number of hydrogen-bond donors (Lipinski definition) is 2. The quantitative estimate of drug-likeness (QED) is 0.0838. The third-order valence-electron chi connectivity index (χ3n) is 9.58. The Morgan fingerprint density at radius 2 is 1.72 bits per heavy atom. The van der Waals surface area contributed by atoms with Crippen molar-refractivity contribution in [2.75, 3.05) is 33.9 Å². The zero-order chi connectivity index (χ0) is 38.1. The molecular formula is C38H41Cl2N3O9S. The summed E-state index contributed by atoms with van der Waals surface area (Å²) in [7, 11) is 3.06. The van der Waals surface area contributed by atoms with Gasteiger partial charge in [0.25, 0.3) is 0 Å². The van der Waals surface area contributed by atoms with Crippen molar-refractivity contribution in [3.8, 4) is 11.5 Å². The highest BCUT2D eigenvalue weighted by Gasteiger charge is 2.42. The number of nitrogens with one attached hydrogen (secondary N) is 1. The van der Waals surface area contributed by atoms with E-state index in [-0.39, 0.29) is 28.5 Å². The Bertz CT molecular complexity index is 1860. The van der Waals surface area contributed by atoms with Gasteiger partial charge >= 0.3 is 11.9 Å². The summed E-state index contributed by atoms with van der Waals surface area (Å²) in [6, 6.07) is 18.3. The number of fused-ring (bicyclic) bond motifs is 3. The average molecular weight is 787 g/mol. The summed E-state index contributed by atoms with van der Waals surface area (Å²) in [4.78, 5) is 39.4. The average Bonchev–Trinajstić information content (AvgIpc) is 3.65. The number of halogens is 2. The Morgan fingerprint density at radius 1 is 1.06 bits per heavy atom. The maximum atomic E-state index is 13.9. The molecule has 5 heterocycles. The van der Waals surface area contributed by atoms with Crippen LogP contribution in [0.15, 0.2) is 73.1 Å². The Hall–Kier alpha value is -4.40. The third-order valence-corrected chi connectivity index (χ3v) is 11.3. The number of hydrogen-bond acceptors (Lipinski definition) is 12. The number of esters is 2. The number of ether oxygens (including phenoxy) is 4. The summed E-state index contributed by atoms with van der Waals surface area (Å²) in [6.07, 6.45) is 3.89. The van der Waals surface area contributed by atoms with Gasteiger partial charge in [-0.2, -0.15) is 0 Å². The molecule has 0 spiro atoms. The van der Waals surface area contributed by atoms with E-state index in [1.54, 1.807) is 24.3 Å². The second-order valence-corrected chi connectivity index (χ2v) is 14.8. The van der Waals surface area contributed by atoms with Gasteiger partial charge in [0.15, 0.2) is 11.5 Å². The van der Waals surface area contributed by atoms with E-state index >= 15 is 0 Å². The topological polar surface area (TPSA) is 151 Å². The monoisotopic (exact) mass is 785 g/mol. The van der Waals surface area contributed by atoms with E-state index in [9.17, 15) is 14.8 Å². The van der Waals surface area contributed by atoms with Crippen LogP contribution in [0.4, 0.5) is 0 Å². The Kier molecular flexibility index (Phi) is 13.6. The van der Waals surface area contributed by atoms with Gasteiger partial charge in [-0.25, -0.2) is 9.59 Å². The minimum atomic E-state index is -1.11. The van der Waals surface area contributed by atoms with Gasteiger partial charge in [-0.05, 0) is 74.2 Å². The highest BCUT2D eigenvalue weighted by Crippen LogP contribution is 2.36. The summed E-state index contributed by atoms with van der Waals surface area (Å²) >= 11 is 14.2. The second-order valence-electron chi connectivity index (χ2n) is 12.8. The first-order valence-corrected chi connectivity index (χ1v) is 18.5. The molecule has 282 valence electrons. The van der Waals surface area contributed by atoms with Crippen LogP contribution in [0.25, 0.3) is 0 Å². The van der Waals surface area contributed by atoms with Gasteiger partial charge in [-0.3, -0.25) is 15.4 Å². The highest BCUT2D eigenvalue weighted by molar-refractivity contribution is 7.13. The number of nitrogens with zero attached hydrogens (tertiary/aromatic N) is 2. The van der Waals surface area contributed by atoms with E-state index in [1.165, 1.54) is 38.0 Å². The lowest BCUT2D eigenvalue weighted by Crippen LogP contribution is -2.55. The van der Waals surface area contributed by atoms with Gasteiger partial charge in [0, 0.05) is 41.2 Å². The molecule has 0 amide bonds. The van der Waals surface area contributed by atoms with Gasteiger partial charge in [0.2, 0.25) is 12.4 Å². The van der Waals surface area contributed by atoms with E-state index in [0.717, 1.165) is 47.6 Å². The van der Waals surface area contributed by atoms with E-state index < -0.39 is 24.1 Å². The molecule has 7 rings (SSSR count). The van der Waals surface area contributed by atoms with E-state index in [1.807, 2.05) is 43.3 Å². The summed E-state index contributed by atoms with van der Waals surface area (Å²) in [5, 5.41) is 22.0. The molecule has 2 N–H and O–H groups in total. The Morgan fingerprint density at radius 3 is 2.32 bits per heavy atom. The summed E-state index contributed by atoms with van der Waals surface area (Å²) in [6.45, 7) is 4.55. The molecule has 1 unspecified atom stereocenters. The summed E-state index contributed by atoms with van der Waals surface area (Å²) < 4.78 is 24.0. The lowest BCUT2D eigenvalue weighted by Gasteiger charge is -2.45. The first-order chi connectivity index (χ1) is 25.5. The van der Waals surface area contributed by atoms with Crippen molar-refractivity contribution in [3.05, 3.63) is 110 Å². The lowest BCUT2D eigenvalue weighted by atomic mass is 9.85. The summed E-state index contributed by atoms with van der Waals surface area (Å²) in [5.41, 5.74) is 0.803. The predicted octanol–water partition coefficient (Wildman–Crippen LogP) is 4.75. The predicted molar refractivity (Wildman–Crippen MR) is 195 cm³/mol. The lowest BCUT2D eigenvalue weighted by molar-refractivity contribution is -0.904. The number of carbonyl (C=O) groups excluding carboxylic acids is 3. The van der Waals surface area contributed by atoms with Crippen molar-refractivity contribution in [3.63, 3.8) is 0 Å². The van der Waals surface area contributed by atoms with Crippen LogP contribution in [0.5, 0.6) is 11.5 Å². The molecule has 15 heteroatoms. The maximum absolute atomic E-state index is 13.9. The zero-order valence-electron chi connectivity index (χ0n) is 29.5. The molecule has 0 radical (unpaired) electrons. The van der Waals surface area contributed by atoms with Crippen molar-refractivity contribution in [2.45, 2.75) is 50.5 Å². The SMILES string of the molecule is COc1ccc([C@H](Cc2c(Cl)c[n+](O)cc2Cl)OC(=O)c2ccc(CNC(C)(C(=O)O[C@H]3CN4CCC3CC4)c3ccccc3)s2)cc1OC.O=C[O-]. The standard InChI is InChI=1S/C37H40Cl2N3O7S.CH2O2/c1-37(25-7-5-4-6-8-25,36(44)49-33-22-41-15-13-23(33)14-16-41)40-19-26-10-12-34(50-26)35(43)48-31(18-27-28(38)20-42(45)21-29(27)39)24-9-11-30(46-2)32(17-24)47-3;2-1-3/h4-12,17,20-21,23,31,33,40,45H,13-16,18-19,22H2,1-3H3;1H,(H,2,3)/q+1;/p-1/t31-,33-,37?;/m0./s1. The summed E-state index contributed by atoms with van der Waals surface area (Å²) in [5.74, 6) is 0.499. The van der Waals surface area contributed by atoms with E-state index in [4.69, 9.17) is 52.1 Å². The van der Waals surface area contributed by atoms with Crippen LogP contribution < -0.4 is 24.6 Å². The van der Waals surface area contributed by atoms with Crippen molar-refractivity contribution < 1.29 is 48.4 Å². The molecule has 0 saturated carbocycles. The van der Waals surface area contributed by atoms with Gasteiger partial charge in [-0.1, -0.05) is 59.6 Å². The van der Waals surface area contributed by atoms with Crippen molar-refractivity contribution in [2.24, 2.45) is 5.92 Å². The van der Waals surface area contributed by atoms with Crippen LogP contribution >= 0.6 is 34.5 Å².